The Hall–Kier alpha value is -3.04. The third kappa shape index (κ3) is 3.03. The highest BCUT2D eigenvalue weighted by atomic mass is 16.6. The van der Waals surface area contributed by atoms with Gasteiger partial charge in [0.1, 0.15) is 12.7 Å². The van der Waals surface area contributed by atoms with Crippen molar-refractivity contribution in [3.63, 3.8) is 0 Å². The SMILES string of the molecule is COC(=O)c1cnc(N2CCCC(n3cncn3)C2)c([N+](=O)[O-])c1. The molecule has 0 aliphatic carbocycles. The summed E-state index contributed by atoms with van der Waals surface area (Å²) in [5, 5.41) is 15.5. The van der Waals surface area contributed by atoms with Crippen LogP contribution < -0.4 is 4.90 Å². The summed E-state index contributed by atoms with van der Waals surface area (Å²) >= 11 is 0. The maximum absolute atomic E-state index is 11.6. The number of piperidine rings is 1. The minimum atomic E-state index is -0.656. The van der Waals surface area contributed by atoms with Crippen LogP contribution in [-0.2, 0) is 4.74 Å². The number of nitrogens with zero attached hydrogens (tertiary/aromatic N) is 6. The Morgan fingerprint density at radius 2 is 2.33 bits per heavy atom. The number of hydrogen-bond acceptors (Lipinski definition) is 8. The van der Waals surface area contributed by atoms with Crippen molar-refractivity contribution in [1.82, 2.24) is 19.7 Å². The fourth-order valence-electron chi connectivity index (χ4n) is 2.82. The Balaban J connectivity index is 1.90. The van der Waals surface area contributed by atoms with Crippen molar-refractivity contribution < 1.29 is 14.5 Å². The summed E-state index contributed by atoms with van der Waals surface area (Å²) in [6.45, 7) is 1.19. The first-order valence-electron chi connectivity index (χ1n) is 7.42. The van der Waals surface area contributed by atoms with Crippen LogP contribution in [-0.4, -0.2) is 50.8 Å². The fourth-order valence-corrected chi connectivity index (χ4v) is 2.82. The third-order valence-electron chi connectivity index (χ3n) is 3.97. The van der Waals surface area contributed by atoms with Gasteiger partial charge in [0.2, 0.25) is 5.82 Å². The van der Waals surface area contributed by atoms with Crippen LogP contribution in [0, 0.1) is 10.1 Å². The molecule has 10 heteroatoms. The van der Waals surface area contributed by atoms with E-state index >= 15 is 0 Å². The van der Waals surface area contributed by atoms with Crippen molar-refractivity contribution in [1.29, 1.82) is 0 Å². The number of rotatable bonds is 4. The molecule has 0 saturated carbocycles. The van der Waals surface area contributed by atoms with E-state index in [1.54, 1.807) is 11.0 Å². The number of aromatic nitrogens is 4. The molecular formula is C14H16N6O4. The maximum atomic E-state index is 11.6. The molecule has 1 aliphatic heterocycles. The van der Waals surface area contributed by atoms with E-state index < -0.39 is 10.9 Å². The summed E-state index contributed by atoms with van der Waals surface area (Å²) in [7, 11) is 1.22. The predicted octanol–water partition coefficient (Wildman–Crippen LogP) is 1.21. The fraction of sp³-hybridized carbons (Fsp3) is 0.429. The highest BCUT2D eigenvalue weighted by Crippen LogP contribution is 2.31. The number of esters is 1. The summed E-state index contributed by atoms with van der Waals surface area (Å²) in [6.07, 6.45) is 6.16. The van der Waals surface area contributed by atoms with Gasteiger partial charge in [-0.1, -0.05) is 0 Å². The zero-order valence-electron chi connectivity index (χ0n) is 13.0. The molecule has 24 heavy (non-hydrogen) atoms. The van der Waals surface area contributed by atoms with Crippen LogP contribution in [0.15, 0.2) is 24.9 Å². The summed E-state index contributed by atoms with van der Waals surface area (Å²) in [5.74, 6) is -0.409. The molecule has 1 fully saturated rings. The van der Waals surface area contributed by atoms with E-state index in [9.17, 15) is 14.9 Å². The molecule has 0 bridgehead atoms. The van der Waals surface area contributed by atoms with Gasteiger partial charge >= 0.3 is 11.7 Å². The number of anilines is 1. The Morgan fingerprint density at radius 3 is 3.00 bits per heavy atom. The first kappa shape index (κ1) is 15.8. The number of ether oxygens (including phenoxy) is 1. The number of carbonyl (C=O) groups excluding carboxylic acids is 1. The largest absolute Gasteiger partial charge is 0.465 e. The lowest BCUT2D eigenvalue weighted by Crippen LogP contribution is -2.37. The topological polar surface area (TPSA) is 116 Å². The van der Waals surface area contributed by atoms with Gasteiger partial charge in [0.25, 0.3) is 0 Å². The number of nitro groups is 1. The summed E-state index contributed by atoms with van der Waals surface area (Å²) in [4.78, 5) is 32.4. The number of methoxy groups -OCH3 is 1. The average molecular weight is 332 g/mol. The Kier molecular flexibility index (Phi) is 4.36. The predicted molar refractivity (Wildman–Crippen MR) is 82.7 cm³/mol. The van der Waals surface area contributed by atoms with E-state index in [-0.39, 0.29) is 23.1 Å². The maximum Gasteiger partial charge on any atom is 0.339 e. The second-order valence-electron chi connectivity index (χ2n) is 5.43. The molecule has 10 nitrogen and oxygen atoms in total. The van der Waals surface area contributed by atoms with Gasteiger partial charge in [-0.15, -0.1) is 0 Å². The smallest absolute Gasteiger partial charge is 0.339 e. The summed E-state index contributed by atoms with van der Waals surface area (Å²) < 4.78 is 6.34. The zero-order valence-corrected chi connectivity index (χ0v) is 13.0. The molecule has 1 saturated heterocycles. The molecule has 2 aromatic rings. The van der Waals surface area contributed by atoms with Crippen LogP contribution in [0.2, 0.25) is 0 Å². The van der Waals surface area contributed by atoms with Crippen LogP contribution >= 0.6 is 0 Å². The van der Waals surface area contributed by atoms with E-state index in [1.165, 1.54) is 25.7 Å². The molecule has 3 heterocycles. The lowest BCUT2D eigenvalue weighted by Gasteiger charge is -2.33. The van der Waals surface area contributed by atoms with Crippen LogP contribution in [0.1, 0.15) is 29.2 Å². The van der Waals surface area contributed by atoms with E-state index in [0.29, 0.717) is 13.1 Å². The monoisotopic (exact) mass is 332 g/mol. The van der Waals surface area contributed by atoms with E-state index in [0.717, 1.165) is 12.8 Å². The van der Waals surface area contributed by atoms with Gasteiger partial charge in [-0.2, -0.15) is 5.10 Å². The van der Waals surface area contributed by atoms with Crippen LogP contribution in [0.4, 0.5) is 11.5 Å². The Labute approximate surface area is 137 Å². The quantitative estimate of drug-likeness (QED) is 0.466. The summed E-state index contributed by atoms with van der Waals surface area (Å²) in [6, 6.07) is 1.27. The van der Waals surface area contributed by atoms with Gasteiger partial charge in [-0.25, -0.2) is 19.4 Å². The van der Waals surface area contributed by atoms with Gasteiger partial charge in [0, 0.05) is 25.4 Å². The summed E-state index contributed by atoms with van der Waals surface area (Å²) in [5.41, 5.74) is -0.157. The lowest BCUT2D eigenvalue weighted by molar-refractivity contribution is -0.384. The number of carbonyl (C=O) groups is 1. The highest BCUT2D eigenvalue weighted by molar-refractivity contribution is 5.90. The van der Waals surface area contributed by atoms with Crippen molar-refractivity contribution in [3.8, 4) is 0 Å². The number of pyridine rings is 1. The van der Waals surface area contributed by atoms with Crippen molar-refractivity contribution in [2.75, 3.05) is 25.1 Å². The number of hydrogen-bond donors (Lipinski definition) is 0. The van der Waals surface area contributed by atoms with Crippen LogP contribution in [0.25, 0.3) is 0 Å². The van der Waals surface area contributed by atoms with E-state index in [4.69, 9.17) is 0 Å². The first-order valence-corrected chi connectivity index (χ1v) is 7.42. The van der Waals surface area contributed by atoms with Gasteiger partial charge in [-0.3, -0.25) is 10.1 Å². The van der Waals surface area contributed by atoms with E-state index in [2.05, 4.69) is 19.8 Å². The van der Waals surface area contributed by atoms with Crippen molar-refractivity contribution in [3.05, 3.63) is 40.6 Å². The molecule has 0 aromatic carbocycles. The molecule has 0 spiro atoms. The molecule has 2 aromatic heterocycles. The molecule has 0 amide bonds. The lowest BCUT2D eigenvalue weighted by atomic mass is 10.1. The zero-order chi connectivity index (χ0) is 17.1. The average Bonchev–Trinajstić information content (AvgIpc) is 3.15. The second kappa shape index (κ2) is 6.60. The van der Waals surface area contributed by atoms with Crippen molar-refractivity contribution in [2.24, 2.45) is 0 Å². The highest BCUT2D eigenvalue weighted by Gasteiger charge is 2.29. The van der Waals surface area contributed by atoms with Crippen LogP contribution in [0.3, 0.4) is 0 Å². The molecule has 126 valence electrons. The minimum Gasteiger partial charge on any atom is -0.465 e. The molecule has 3 rings (SSSR count). The van der Waals surface area contributed by atoms with Gasteiger partial charge in [-0.05, 0) is 12.8 Å². The van der Waals surface area contributed by atoms with Crippen molar-refractivity contribution >= 4 is 17.5 Å². The van der Waals surface area contributed by atoms with E-state index in [1.807, 2.05) is 4.90 Å². The molecule has 0 radical (unpaired) electrons. The van der Waals surface area contributed by atoms with Gasteiger partial charge in [0.05, 0.1) is 23.6 Å². The molecular weight excluding hydrogens is 316 g/mol. The molecule has 0 N–H and O–H groups in total. The normalized spacial score (nSPS) is 17.5. The minimum absolute atomic E-state index is 0.0535. The third-order valence-corrected chi connectivity index (χ3v) is 3.97. The molecule has 1 aliphatic rings. The van der Waals surface area contributed by atoms with Gasteiger partial charge < -0.3 is 9.64 Å². The second-order valence-corrected chi connectivity index (χ2v) is 5.43. The van der Waals surface area contributed by atoms with Crippen molar-refractivity contribution in [2.45, 2.75) is 18.9 Å². The van der Waals surface area contributed by atoms with Gasteiger partial charge in [0.15, 0.2) is 0 Å². The van der Waals surface area contributed by atoms with Crippen LogP contribution in [0.5, 0.6) is 0 Å². The standard InChI is InChI=1S/C14H16N6O4/c1-24-14(21)10-5-12(20(22)23)13(16-6-10)18-4-2-3-11(7-18)19-9-15-8-17-19/h5-6,8-9,11H,2-4,7H2,1H3. The molecule has 1 atom stereocenters. The Bertz CT molecular complexity index is 748. The molecule has 1 unspecified atom stereocenters. The Morgan fingerprint density at radius 1 is 1.50 bits per heavy atom. The first-order chi connectivity index (χ1) is 11.6.